The van der Waals surface area contributed by atoms with Crippen molar-refractivity contribution in [3.63, 3.8) is 0 Å². The van der Waals surface area contributed by atoms with Gasteiger partial charge in [-0.2, -0.15) is 0 Å². The molecule has 0 aliphatic carbocycles. The SMILES string of the molecule is CCNC(CO)(CN1CCCCCC1)c1ccccc1. The molecule has 1 heterocycles. The minimum atomic E-state index is -0.333. The lowest BCUT2D eigenvalue weighted by Crippen LogP contribution is -2.53. The van der Waals surface area contributed by atoms with Crippen molar-refractivity contribution < 1.29 is 5.11 Å². The van der Waals surface area contributed by atoms with E-state index in [1.54, 1.807) is 0 Å². The third-order valence-electron chi connectivity index (χ3n) is 4.30. The van der Waals surface area contributed by atoms with E-state index in [4.69, 9.17) is 0 Å². The zero-order chi connectivity index (χ0) is 14.3. The predicted octanol–water partition coefficient (Wildman–Crippen LogP) is 2.36. The van der Waals surface area contributed by atoms with Gasteiger partial charge in [0.15, 0.2) is 0 Å². The largest absolute Gasteiger partial charge is 0.394 e. The van der Waals surface area contributed by atoms with E-state index in [2.05, 4.69) is 41.4 Å². The molecule has 112 valence electrons. The molecule has 1 aromatic carbocycles. The Bertz CT molecular complexity index is 374. The van der Waals surface area contributed by atoms with Gasteiger partial charge in [-0.05, 0) is 38.0 Å². The Morgan fingerprint density at radius 3 is 2.30 bits per heavy atom. The Kier molecular flexibility index (Phi) is 6.02. The molecule has 20 heavy (non-hydrogen) atoms. The molecule has 1 aliphatic heterocycles. The van der Waals surface area contributed by atoms with E-state index in [-0.39, 0.29) is 12.1 Å². The summed E-state index contributed by atoms with van der Waals surface area (Å²) in [6.07, 6.45) is 5.25. The van der Waals surface area contributed by atoms with Crippen LogP contribution in [0.2, 0.25) is 0 Å². The second-order valence-corrected chi connectivity index (χ2v) is 5.83. The monoisotopic (exact) mass is 276 g/mol. The summed E-state index contributed by atoms with van der Waals surface area (Å²) in [6, 6.07) is 10.4. The molecule has 0 bridgehead atoms. The maximum atomic E-state index is 10.1. The molecule has 1 saturated heterocycles. The molecule has 1 unspecified atom stereocenters. The molecule has 1 aromatic rings. The van der Waals surface area contributed by atoms with Crippen molar-refractivity contribution in [2.24, 2.45) is 0 Å². The quantitative estimate of drug-likeness (QED) is 0.837. The highest BCUT2D eigenvalue weighted by molar-refractivity contribution is 5.25. The Morgan fingerprint density at radius 1 is 1.10 bits per heavy atom. The average Bonchev–Trinajstić information content (AvgIpc) is 2.76. The summed E-state index contributed by atoms with van der Waals surface area (Å²) in [5.74, 6) is 0. The van der Waals surface area contributed by atoms with Gasteiger partial charge < -0.3 is 15.3 Å². The number of hydrogen-bond acceptors (Lipinski definition) is 3. The van der Waals surface area contributed by atoms with Crippen LogP contribution in [-0.2, 0) is 5.54 Å². The molecule has 2 N–H and O–H groups in total. The Balaban J connectivity index is 2.17. The van der Waals surface area contributed by atoms with Crippen molar-refractivity contribution in [2.75, 3.05) is 32.8 Å². The molecule has 1 atom stereocenters. The Labute approximate surface area is 123 Å². The van der Waals surface area contributed by atoms with Crippen molar-refractivity contribution >= 4 is 0 Å². The molecular formula is C17H28N2O. The van der Waals surface area contributed by atoms with Gasteiger partial charge in [0.1, 0.15) is 0 Å². The summed E-state index contributed by atoms with van der Waals surface area (Å²) in [4.78, 5) is 2.51. The highest BCUT2D eigenvalue weighted by Crippen LogP contribution is 2.23. The molecule has 0 aromatic heterocycles. The summed E-state index contributed by atoms with van der Waals surface area (Å²) >= 11 is 0. The number of likely N-dealkylation sites (N-methyl/N-ethyl adjacent to an activating group) is 1. The second kappa shape index (κ2) is 7.77. The lowest BCUT2D eigenvalue weighted by atomic mass is 9.89. The van der Waals surface area contributed by atoms with Crippen LogP contribution in [0.5, 0.6) is 0 Å². The fourth-order valence-corrected chi connectivity index (χ4v) is 3.22. The van der Waals surface area contributed by atoms with Gasteiger partial charge in [0, 0.05) is 6.54 Å². The van der Waals surface area contributed by atoms with Crippen LogP contribution in [0.15, 0.2) is 30.3 Å². The van der Waals surface area contributed by atoms with E-state index < -0.39 is 0 Å². The fourth-order valence-electron chi connectivity index (χ4n) is 3.22. The third-order valence-corrected chi connectivity index (χ3v) is 4.30. The van der Waals surface area contributed by atoms with Crippen molar-refractivity contribution in [1.82, 2.24) is 10.2 Å². The van der Waals surface area contributed by atoms with Gasteiger partial charge in [-0.3, -0.25) is 0 Å². The molecule has 1 aliphatic rings. The number of rotatable bonds is 6. The van der Waals surface area contributed by atoms with Crippen molar-refractivity contribution in [1.29, 1.82) is 0 Å². The minimum Gasteiger partial charge on any atom is -0.394 e. The number of aliphatic hydroxyl groups excluding tert-OH is 1. The highest BCUT2D eigenvalue weighted by atomic mass is 16.3. The number of aliphatic hydroxyl groups is 1. The van der Waals surface area contributed by atoms with Crippen LogP contribution >= 0.6 is 0 Å². The van der Waals surface area contributed by atoms with Gasteiger partial charge in [-0.1, -0.05) is 50.1 Å². The van der Waals surface area contributed by atoms with Crippen LogP contribution < -0.4 is 5.32 Å². The van der Waals surface area contributed by atoms with Gasteiger partial charge in [0.2, 0.25) is 0 Å². The minimum absolute atomic E-state index is 0.140. The van der Waals surface area contributed by atoms with Gasteiger partial charge in [-0.15, -0.1) is 0 Å². The van der Waals surface area contributed by atoms with Crippen LogP contribution in [0, 0.1) is 0 Å². The zero-order valence-corrected chi connectivity index (χ0v) is 12.6. The van der Waals surface area contributed by atoms with E-state index >= 15 is 0 Å². The smallest absolute Gasteiger partial charge is 0.0797 e. The summed E-state index contributed by atoms with van der Waals surface area (Å²) < 4.78 is 0. The van der Waals surface area contributed by atoms with Crippen LogP contribution in [0.4, 0.5) is 0 Å². The molecule has 2 rings (SSSR count). The van der Waals surface area contributed by atoms with E-state index in [1.807, 2.05) is 6.07 Å². The first-order chi connectivity index (χ1) is 9.80. The van der Waals surface area contributed by atoms with Crippen molar-refractivity contribution in [2.45, 2.75) is 38.1 Å². The normalized spacial score (nSPS) is 20.3. The molecule has 0 radical (unpaired) electrons. The number of nitrogens with zero attached hydrogens (tertiary/aromatic N) is 1. The highest BCUT2D eigenvalue weighted by Gasteiger charge is 2.32. The van der Waals surface area contributed by atoms with Gasteiger partial charge in [-0.25, -0.2) is 0 Å². The maximum absolute atomic E-state index is 10.1. The first kappa shape index (κ1) is 15.5. The van der Waals surface area contributed by atoms with Gasteiger partial charge in [0.25, 0.3) is 0 Å². The predicted molar refractivity (Wildman–Crippen MR) is 83.8 cm³/mol. The lowest BCUT2D eigenvalue weighted by Gasteiger charge is -2.38. The van der Waals surface area contributed by atoms with Crippen LogP contribution in [0.25, 0.3) is 0 Å². The first-order valence-electron chi connectivity index (χ1n) is 7.94. The zero-order valence-electron chi connectivity index (χ0n) is 12.6. The standard InChI is InChI=1S/C17H28N2O/c1-2-18-17(15-20,16-10-6-5-7-11-16)14-19-12-8-3-4-9-13-19/h5-7,10-11,18,20H,2-4,8-9,12-15H2,1H3. The summed E-state index contributed by atoms with van der Waals surface area (Å²) in [5, 5.41) is 13.6. The molecule has 0 amide bonds. The van der Waals surface area contributed by atoms with Crippen LogP contribution in [0.3, 0.4) is 0 Å². The van der Waals surface area contributed by atoms with E-state index in [1.165, 1.54) is 31.2 Å². The van der Waals surface area contributed by atoms with E-state index in [0.29, 0.717) is 0 Å². The summed E-state index contributed by atoms with van der Waals surface area (Å²) in [5.41, 5.74) is 0.856. The number of hydrogen-bond donors (Lipinski definition) is 2. The fraction of sp³-hybridized carbons (Fsp3) is 0.647. The van der Waals surface area contributed by atoms with Gasteiger partial charge >= 0.3 is 0 Å². The Hall–Kier alpha value is -0.900. The molecule has 0 saturated carbocycles. The topological polar surface area (TPSA) is 35.5 Å². The van der Waals surface area contributed by atoms with E-state index in [9.17, 15) is 5.11 Å². The second-order valence-electron chi connectivity index (χ2n) is 5.83. The van der Waals surface area contributed by atoms with Crippen LogP contribution in [0.1, 0.15) is 38.2 Å². The van der Waals surface area contributed by atoms with Gasteiger partial charge in [0.05, 0.1) is 12.1 Å². The van der Waals surface area contributed by atoms with Crippen molar-refractivity contribution in [3.05, 3.63) is 35.9 Å². The molecule has 3 nitrogen and oxygen atoms in total. The maximum Gasteiger partial charge on any atom is 0.0797 e. The van der Waals surface area contributed by atoms with Crippen LogP contribution in [-0.4, -0.2) is 42.8 Å². The summed E-state index contributed by atoms with van der Waals surface area (Å²) in [6.45, 7) is 6.31. The number of benzene rings is 1. The van der Waals surface area contributed by atoms with E-state index in [0.717, 1.165) is 26.2 Å². The molecule has 1 fully saturated rings. The number of nitrogens with one attached hydrogen (secondary N) is 1. The Morgan fingerprint density at radius 2 is 1.75 bits per heavy atom. The molecular weight excluding hydrogens is 248 g/mol. The lowest BCUT2D eigenvalue weighted by molar-refractivity contribution is 0.109. The van der Waals surface area contributed by atoms with Crippen molar-refractivity contribution in [3.8, 4) is 0 Å². The number of likely N-dealkylation sites (tertiary alicyclic amines) is 1. The summed E-state index contributed by atoms with van der Waals surface area (Å²) in [7, 11) is 0. The average molecular weight is 276 g/mol. The first-order valence-corrected chi connectivity index (χ1v) is 7.94. The molecule has 3 heteroatoms. The third kappa shape index (κ3) is 3.81. The molecule has 0 spiro atoms.